The highest BCUT2D eigenvalue weighted by atomic mass is 32.1. The van der Waals surface area contributed by atoms with Crippen LogP contribution in [0, 0.1) is 5.82 Å². The second-order valence-corrected chi connectivity index (χ2v) is 7.34. The molecule has 1 amide bonds. The van der Waals surface area contributed by atoms with Gasteiger partial charge in [-0.3, -0.25) is 9.69 Å². The maximum atomic E-state index is 14.2. The molecule has 0 unspecified atom stereocenters. The molecule has 156 valence electrons. The quantitative estimate of drug-likeness (QED) is 0.416. The number of anilines is 2. The monoisotopic (exact) mass is 436 g/mol. The molecule has 0 atom stereocenters. The lowest BCUT2D eigenvalue weighted by Crippen LogP contribution is -2.23. The first-order valence-corrected chi connectivity index (χ1v) is 10.2. The number of hydrogen-bond acceptors (Lipinski definition) is 6. The van der Waals surface area contributed by atoms with Crippen molar-refractivity contribution in [1.29, 1.82) is 0 Å². The molecule has 0 aliphatic carbocycles. The number of amides is 1. The van der Waals surface area contributed by atoms with Crippen LogP contribution in [0.2, 0.25) is 0 Å². The number of carbonyl (C=O) groups excluding carboxylic acids is 2. The van der Waals surface area contributed by atoms with E-state index in [-0.39, 0.29) is 18.2 Å². The molecule has 2 aromatic heterocycles. The Morgan fingerprint density at radius 3 is 2.58 bits per heavy atom. The van der Waals surface area contributed by atoms with Gasteiger partial charge in [-0.25, -0.2) is 18.9 Å². The molecule has 9 heteroatoms. The van der Waals surface area contributed by atoms with Gasteiger partial charge in [0.15, 0.2) is 5.13 Å². The van der Waals surface area contributed by atoms with E-state index in [2.05, 4.69) is 10.1 Å². The van der Waals surface area contributed by atoms with E-state index in [0.29, 0.717) is 16.4 Å². The van der Waals surface area contributed by atoms with Crippen LogP contribution in [-0.2, 0) is 16.1 Å². The summed E-state index contributed by atoms with van der Waals surface area (Å²) in [5.74, 6) is -1.40. The number of benzene rings is 2. The third kappa shape index (κ3) is 4.51. The fourth-order valence-corrected chi connectivity index (χ4v) is 3.76. The van der Waals surface area contributed by atoms with Crippen LogP contribution in [0.4, 0.5) is 15.2 Å². The molecule has 0 aliphatic heterocycles. The Hall–Kier alpha value is -3.85. The van der Waals surface area contributed by atoms with Crippen molar-refractivity contribution >= 4 is 34.0 Å². The number of ether oxygens (including phenoxy) is 1. The molecule has 0 bridgehead atoms. The van der Waals surface area contributed by atoms with Crippen molar-refractivity contribution in [2.24, 2.45) is 0 Å². The van der Waals surface area contributed by atoms with E-state index in [1.807, 2.05) is 6.07 Å². The molecule has 0 N–H and O–H groups in total. The van der Waals surface area contributed by atoms with Crippen molar-refractivity contribution < 1.29 is 18.7 Å². The zero-order valence-corrected chi connectivity index (χ0v) is 17.3. The Labute approximate surface area is 181 Å². The van der Waals surface area contributed by atoms with Crippen LogP contribution in [0.15, 0.2) is 72.4 Å². The Morgan fingerprint density at radius 2 is 1.90 bits per heavy atom. The lowest BCUT2D eigenvalue weighted by molar-refractivity contribution is -0.115. The number of aromatic nitrogens is 3. The molecular formula is C22H17FN4O3S. The van der Waals surface area contributed by atoms with Gasteiger partial charge in [0.05, 0.1) is 22.6 Å². The molecule has 7 nitrogen and oxygen atoms in total. The summed E-state index contributed by atoms with van der Waals surface area (Å²) in [7, 11) is 0. The third-order valence-corrected chi connectivity index (χ3v) is 5.24. The molecule has 2 heterocycles. The van der Waals surface area contributed by atoms with Crippen LogP contribution in [0.5, 0.6) is 0 Å². The van der Waals surface area contributed by atoms with Gasteiger partial charge in [0.25, 0.3) is 0 Å². The molecule has 0 fully saturated rings. The predicted molar refractivity (Wildman–Crippen MR) is 114 cm³/mol. The molecule has 31 heavy (non-hydrogen) atoms. The Bertz CT molecular complexity index is 1210. The van der Waals surface area contributed by atoms with Crippen LogP contribution < -0.4 is 4.90 Å². The van der Waals surface area contributed by atoms with Gasteiger partial charge < -0.3 is 4.74 Å². The molecule has 0 saturated heterocycles. The van der Waals surface area contributed by atoms with Gasteiger partial charge >= 0.3 is 5.97 Å². The van der Waals surface area contributed by atoms with E-state index >= 15 is 0 Å². The van der Waals surface area contributed by atoms with E-state index in [4.69, 9.17) is 4.74 Å². The fourth-order valence-electron chi connectivity index (χ4n) is 2.90. The minimum Gasteiger partial charge on any atom is -0.456 e. The lowest BCUT2D eigenvalue weighted by Gasteiger charge is -2.18. The van der Waals surface area contributed by atoms with Crippen molar-refractivity contribution in [2.45, 2.75) is 13.5 Å². The van der Waals surface area contributed by atoms with Crippen molar-refractivity contribution in [3.63, 3.8) is 0 Å². The number of halogens is 1. The molecule has 0 aliphatic rings. The van der Waals surface area contributed by atoms with E-state index < -0.39 is 11.8 Å². The number of para-hydroxylation sites is 1. The van der Waals surface area contributed by atoms with Crippen LogP contribution in [-0.4, -0.2) is 26.6 Å². The molecule has 4 rings (SSSR count). The van der Waals surface area contributed by atoms with Crippen molar-refractivity contribution in [1.82, 2.24) is 14.8 Å². The number of carbonyl (C=O) groups is 2. The van der Waals surface area contributed by atoms with Crippen molar-refractivity contribution in [3.05, 3.63) is 89.4 Å². The van der Waals surface area contributed by atoms with Crippen LogP contribution in [0.1, 0.15) is 23.0 Å². The van der Waals surface area contributed by atoms with E-state index in [9.17, 15) is 14.0 Å². The molecule has 4 aromatic rings. The number of thiazole rings is 1. The summed E-state index contributed by atoms with van der Waals surface area (Å²) in [6.45, 7) is 1.26. The second-order valence-electron chi connectivity index (χ2n) is 6.50. The molecular weight excluding hydrogens is 419 g/mol. The summed E-state index contributed by atoms with van der Waals surface area (Å²) in [6, 6.07) is 14.6. The topological polar surface area (TPSA) is 77.3 Å². The predicted octanol–water partition coefficient (Wildman–Crippen LogP) is 4.51. The summed E-state index contributed by atoms with van der Waals surface area (Å²) in [4.78, 5) is 30.0. The van der Waals surface area contributed by atoms with Crippen molar-refractivity contribution in [2.75, 3.05) is 4.90 Å². The second kappa shape index (κ2) is 8.88. The summed E-state index contributed by atoms with van der Waals surface area (Å²) >= 11 is 1.16. The van der Waals surface area contributed by atoms with E-state index in [1.54, 1.807) is 58.9 Å². The van der Waals surface area contributed by atoms with Gasteiger partial charge in [0.1, 0.15) is 12.4 Å². The highest BCUT2D eigenvalue weighted by Gasteiger charge is 2.21. The molecule has 2 aromatic carbocycles. The molecule has 0 saturated carbocycles. The number of nitrogens with zero attached hydrogens (tertiary/aromatic N) is 4. The van der Waals surface area contributed by atoms with Gasteiger partial charge in [0, 0.05) is 24.7 Å². The first kappa shape index (κ1) is 20.4. The standard InChI is InChI=1S/C22H17FN4O3S/c1-15(28)27(20-6-3-2-5-19(20)23)22-25-17(14-31-22)13-30-21(29)16-7-9-18(10-8-16)26-12-4-11-24-26/h2-12,14H,13H2,1H3. The van der Waals surface area contributed by atoms with Gasteiger partial charge in [0.2, 0.25) is 5.91 Å². The normalized spacial score (nSPS) is 10.6. The number of hydrogen-bond donors (Lipinski definition) is 0. The molecule has 0 spiro atoms. The zero-order chi connectivity index (χ0) is 21.8. The highest BCUT2D eigenvalue weighted by Crippen LogP contribution is 2.30. The summed E-state index contributed by atoms with van der Waals surface area (Å²) in [6.07, 6.45) is 3.47. The smallest absolute Gasteiger partial charge is 0.338 e. The number of esters is 1. The maximum Gasteiger partial charge on any atom is 0.338 e. The fraction of sp³-hybridized carbons (Fsp3) is 0.0909. The van der Waals surface area contributed by atoms with Gasteiger partial charge in [-0.15, -0.1) is 11.3 Å². The van der Waals surface area contributed by atoms with Gasteiger partial charge in [-0.1, -0.05) is 12.1 Å². The summed E-state index contributed by atoms with van der Waals surface area (Å²) in [5.41, 5.74) is 1.79. The van der Waals surface area contributed by atoms with Crippen molar-refractivity contribution in [3.8, 4) is 5.69 Å². The first-order valence-electron chi connectivity index (χ1n) is 9.30. The highest BCUT2D eigenvalue weighted by molar-refractivity contribution is 7.14. The van der Waals surface area contributed by atoms with Crippen LogP contribution in [0.25, 0.3) is 5.69 Å². The first-order chi connectivity index (χ1) is 15.0. The third-order valence-electron chi connectivity index (χ3n) is 4.36. The maximum absolute atomic E-state index is 14.2. The van der Waals surface area contributed by atoms with Gasteiger partial charge in [-0.05, 0) is 42.5 Å². The summed E-state index contributed by atoms with van der Waals surface area (Å²) in [5, 5.41) is 6.10. The Balaban J connectivity index is 1.43. The van der Waals surface area contributed by atoms with E-state index in [1.165, 1.54) is 24.0 Å². The van der Waals surface area contributed by atoms with Crippen LogP contribution >= 0.6 is 11.3 Å². The summed E-state index contributed by atoms with van der Waals surface area (Å²) < 4.78 is 21.2. The average Bonchev–Trinajstić information content (AvgIpc) is 3.46. The Kier molecular flexibility index (Phi) is 5.85. The van der Waals surface area contributed by atoms with E-state index in [0.717, 1.165) is 17.0 Å². The minimum absolute atomic E-state index is 0.0702. The average molecular weight is 436 g/mol. The SMILES string of the molecule is CC(=O)N(c1nc(COC(=O)c2ccc(-n3cccn3)cc2)cs1)c1ccccc1F. The van der Waals surface area contributed by atoms with Gasteiger partial charge in [-0.2, -0.15) is 5.10 Å². The minimum atomic E-state index is -0.528. The Morgan fingerprint density at radius 1 is 1.13 bits per heavy atom. The van der Waals surface area contributed by atoms with Crippen LogP contribution in [0.3, 0.4) is 0 Å². The lowest BCUT2D eigenvalue weighted by atomic mass is 10.2. The number of rotatable bonds is 6. The largest absolute Gasteiger partial charge is 0.456 e. The zero-order valence-electron chi connectivity index (χ0n) is 16.4. The molecule has 0 radical (unpaired) electrons.